The molecule has 0 fully saturated rings. The third-order valence-corrected chi connectivity index (χ3v) is 1.67. The van der Waals surface area contributed by atoms with Crippen LogP contribution in [0.5, 0.6) is 0 Å². The van der Waals surface area contributed by atoms with Crippen LogP contribution < -0.4 is 0 Å². The van der Waals surface area contributed by atoms with Gasteiger partial charge in [-0.3, -0.25) is 0 Å². The molecule has 0 bridgehead atoms. The number of halogens is 1. The normalized spacial score (nSPS) is 11.0. The highest BCUT2D eigenvalue weighted by atomic mass is 35.7. The third-order valence-electron chi connectivity index (χ3n) is 0.858. The van der Waals surface area contributed by atoms with Crippen LogP contribution in [0.3, 0.4) is 0 Å². The van der Waals surface area contributed by atoms with Gasteiger partial charge in [0.2, 0.25) is 9.05 Å². The highest BCUT2D eigenvalue weighted by Gasteiger charge is 1.99. The maximum Gasteiger partial charge on any atom is 0.243 e. The van der Waals surface area contributed by atoms with Gasteiger partial charge >= 0.3 is 0 Å². The summed E-state index contributed by atoms with van der Waals surface area (Å²) < 4.78 is 25.7. The number of hydrogen-bond donors (Lipinski definition) is 0. The second-order valence-corrected chi connectivity index (χ2v) is 5.17. The van der Waals surface area contributed by atoms with E-state index < -0.39 is 9.05 Å². The van der Waals surface area contributed by atoms with Crippen molar-refractivity contribution < 1.29 is 13.2 Å². The van der Waals surface area contributed by atoms with Crippen LogP contribution in [0.15, 0.2) is 0 Å². The van der Waals surface area contributed by atoms with Crippen molar-refractivity contribution in [3.63, 3.8) is 0 Å². The first-order chi connectivity index (χ1) is 5.42. The molecule has 0 aromatic carbocycles. The van der Waals surface area contributed by atoms with Crippen LogP contribution in [0, 0.1) is 11.8 Å². The lowest BCUT2D eigenvalue weighted by Gasteiger charge is -2.00. The molecule has 0 saturated carbocycles. The van der Waals surface area contributed by atoms with Gasteiger partial charge < -0.3 is 4.74 Å². The minimum atomic E-state index is -3.48. The number of ether oxygens (including phenoxy) is 1. The molecular weight excluding hydrogens is 200 g/mol. The molecule has 5 heteroatoms. The van der Waals surface area contributed by atoms with Crippen LogP contribution in [-0.2, 0) is 13.8 Å². The molecule has 0 aliphatic heterocycles. The standard InChI is InChI=1S/C7H11ClO3S/c1-7(2)11-5-3-4-6-12(8,9)10/h7H,5-6H2,1-2H3. The quantitative estimate of drug-likeness (QED) is 0.515. The Labute approximate surface area is 77.5 Å². The molecule has 0 unspecified atom stereocenters. The van der Waals surface area contributed by atoms with E-state index in [1.54, 1.807) is 0 Å². The van der Waals surface area contributed by atoms with Gasteiger partial charge in [-0.2, -0.15) is 0 Å². The Morgan fingerprint density at radius 2 is 2.00 bits per heavy atom. The Kier molecular flexibility index (Phi) is 5.31. The van der Waals surface area contributed by atoms with Gasteiger partial charge in [0.05, 0.1) is 6.10 Å². The van der Waals surface area contributed by atoms with E-state index in [4.69, 9.17) is 15.4 Å². The van der Waals surface area contributed by atoms with Crippen molar-refractivity contribution in [1.29, 1.82) is 0 Å². The number of rotatable bonds is 3. The zero-order valence-corrected chi connectivity index (χ0v) is 8.57. The molecule has 0 spiro atoms. The molecule has 0 aliphatic carbocycles. The summed E-state index contributed by atoms with van der Waals surface area (Å²) in [5.74, 6) is 4.60. The van der Waals surface area contributed by atoms with Crippen LogP contribution in [-0.4, -0.2) is 26.9 Å². The third kappa shape index (κ3) is 9.76. The SMILES string of the molecule is CC(C)OCC#CCS(=O)(=O)Cl. The van der Waals surface area contributed by atoms with E-state index in [1.807, 2.05) is 13.8 Å². The van der Waals surface area contributed by atoms with Gasteiger partial charge in [0, 0.05) is 10.7 Å². The maximum atomic E-state index is 10.4. The van der Waals surface area contributed by atoms with Crippen molar-refractivity contribution in [2.75, 3.05) is 12.4 Å². The molecule has 0 heterocycles. The molecule has 0 N–H and O–H groups in total. The number of hydrogen-bond acceptors (Lipinski definition) is 3. The average molecular weight is 211 g/mol. The second kappa shape index (κ2) is 5.41. The molecule has 12 heavy (non-hydrogen) atoms. The minimum absolute atomic E-state index is 0.104. The van der Waals surface area contributed by atoms with E-state index in [1.165, 1.54) is 0 Å². The largest absolute Gasteiger partial charge is 0.366 e. The fourth-order valence-corrected chi connectivity index (χ4v) is 0.835. The van der Waals surface area contributed by atoms with Crippen LogP contribution in [0.4, 0.5) is 0 Å². The van der Waals surface area contributed by atoms with E-state index in [0.29, 0.717) is 0 Å². The van der Waals surface area contributed by atoms with Gasteiger partial charge in [0.1, 0.15) is 12.4 Å². The first-order valence-corrected chi connectivity index (χ1v) is 5.89. The van der Waals surface area contributed by atoms with Crippen LogP contribution in [0.25, 0.3) is 0 Å². The van der Waals surface area contributed by atoms with E-state index >= 15 is 0 Å². The Hall–Kier alpha value is -0.240. The Morgan fingerprint density at radius 1 is 1.42 bits per heavy atom. The fraction of sp³-hybridized carbons (Fsp3) is 0.714. The van der Waals surface area contributed by atoms with Crippen molar-refractivity contribution in [1.82, 2.24) is 0 Å². The van der Waals surface area contributed by atoms with Gasteiger partial charge in [-0.05, 0) is 13.8 Å². The summed E-state index contributed by atoms with van der Waals surface area (Å²) in [5, 5.41) is 0. The highest BCUT2D eigenvalue weighted by Crippen LogP contribution is 1.93. The van der Waals surface area contributed by atoms with Gasteiger partial charge in [-0.1, -0.05) is 11.8 Å². The molecule has 0 atom stereocenters. The summed E-state index contributed by atoms with van der Waals surface area (Å²) in [6.45, 7) is 3.99. The van der Waals surface area contributed by atoms with Crippen molar-refractivity contribution in [2.45, 2.75) is 20.0 Å². The molecule has 0 aromatic heterocycles. The predicted molar refractivity (Wildman–Crippen MR) is 48.5 cm³/mol. The topological polar surface area (TPSA) is 43.4 Å². The summed E-state index contributed by atoms with van der Waals surface area (Å²) in [5.41, 5.74) is 0. The Bertz CT molecular complexity index is 271. The molecule has 0 amide bonds. The van der Waals surface area contributed by atoms with Crippen molar-refractivity contribution >= 4 is 19.7 Å². The van der Waals surface area contributed by atoms with Crippen molar-refractivity contribution in [3.8, 4) is 11.8 Å². The summed E-state index contributed by atoms with van der Waals surface area (Å²) in [6.07, 6.45) is 0.104. The highest BCUT2D eigenvalue weighted by molar-refractivity contribution is 8.13. The molecule has 0 aromatic rings. The van der Waals surface area contributed by atoms with Crippen LogP contribution in [0.2, 0.25) is 0 Å². The lowest BCUT2D eigenvalue weighted by molar-refractivity contribution is 0.107. The van der Waals surface area contributed by atoms with Crippen molar-refractivity contribution in [2.24, 2.45) is 0 Å². The molecule has 0 radical (unpaired) electrons. The van der Waals surface area contributed by atoms with E-state index in [2.05, 4.69) is 11.8 Å². The summed E-state index contributed by atoms with van der Waals surface area (Å²) in [4.78, 5) is 0. The van der Waals surface area contributed by atoms with Gasteiger partial charge in [-0.25, -0.2) is 8.42 Å². The van der Waals surface area contributed by atoms with Gasteiger partial charge in [0.15, 0.2) is 0 Å². The van der Waals surface area contributed by atoms with Crippen LogP contribution >= 0.6 is 10.7 Å². The molecule has 3 nitrogen and oxygen atoms in total. The lowest BCUT2D eigenvalue weighted by Crippen LogP contribution is -2.02. The van der Waals surface area contributed by atoms with Gasteiger partial charge in [-0.15, -0.1) is 0 Å². The predicted octanol–water partition coefficient (Wildman–Crippen LogP) is 0.983. The molecule has 0 saturated heterocycles. The van der Waals surface area contributed by atoms with E-state index in [9.17, 15) is 8.42 Å². The molecule has 0 rings (SSSR count). The van der Waals surface area contributed by atoms with Gasteiger partial charge in [0.25, 0.3) is 0 Å². The van der Waals surface area contributed by atoms with E-state index in [0.717, 1.165) is 0 Å². The Morgan fingerprint density at radius 3 is 2.42 bits per heavy atom. The fourth-order valence-electron chi connectivity index (χ4n) is 0.397. The summed E-state index contributed by atoms with van der Waals surface area (Å²) in [7, 11) is 1.42. The monoisotopic (exact) mass is 210 g/mol. The molecule has 0 aliphatic rings. The smallest absolute Gasteiger partial charge is 0.243 e. The first kappa shape index (κ1) is 11.8. The minimum Gasteiger partial charge on any atom is -0.366 e. The van der Waals surface area contributed by atoms with Crippen molar-refractivity contribution in [3.05, 3.63) is 0 Å². The summed E-state index contributed by atoms with van der Waals surface area (Å²) >= 11 is 0. The Balaban J connectivity index is 3.63. The second-order valence-electron chi connectivity index (χ2n) is 2.40. The molecular formula is C7H11ClO3S. The first-order valence-electron chi connectivity index (χ1n) is 3.41. The van der Waals surface area contributed by atoms with E-state index in [-0.39, 0.29) is 18.5 Å². The van der Waals surface area contributed by atoms with Crippen LogP contribution in [0.1, 0.15) is 13.8 Å². The lowest BCUT2D eigenvalue weighted by atomic mass is 10.5. The average Bonchev–Trinajstić information content (AvgIpc) is 1.83. The zero-order chi connectivity index (χ0) is 9.61. The summed E-state index contributed by atoms with van der Waals surface area (Å²) in [6, 6.07) is 0. The zero-order valence-electron chi connectivity index (χ0n) is 7.00. The maximum absolute atomic E-state index is 10.4. The molecule has 70 valence electrons.